The summed E-state index contributed by atoms with van der Waals surface area (Å²) >= 11 is 0. The van der Waals surface area contributed by atoms with Crippen LogP contribution in [0.2, 0.25) is 0 Å². The number of nitrogens with one attached hydrogen (secondary N) is 1. The van der Waals surface area contributed by atoms with E-state index in [1.165, 1.54) is 5.56 Å². The maximum Gasteiger partial charge on any atom is 0.224 e. The molecule has 0 saturated carbocycles. The second-order valence-electron chi connectivity index (χ2n) is 7.23. The van der Waals surface area contributed by atoms with Crippen molar-refractivity contribution in [1.82, 2.24) is 15.1 Å². The fourth-order valence-corrected chi connectivity index (χ4v) is 3.14. The molecular weight excluding hydrogens is 314 g/mol. The Morgan fingerprint density at radius 3 is 2.56 bits per heavy atom. The highest BCUT2D eigenvalue weighted by Crippen LogP contribution is 2.08. The molecule has 1 heterocycles. The van der Waals surface area contributed by atoms with Gasteiger partial charge in [0.15, 0.2) is 0 Å². The van der Waals surface area contributed by atoms with E-state index < -0.39 is 0 Å². The molecule has 1 saturated heterocycles. The Hall–Kier alpha value is -1.43. The third kappa shape index (κ3) is 7.14. The van der Waals surface area contributed by atoms with E-state index >= 15 is 0 Å². The Kier molecular flexibility index (Phi) is 8.38. The van der Waals surface area contributed by atoms with Crippen molar-refractivity contribution in [3.8, 4) is 0 Å². The summed E-state index contributed by atoms with van der Waals surface area (Å²) in [5, 5.41) is 3.59. The average Bonchev–Trinajstić information content (AvgIpc) is 2.62. The number of ether oxygens (including phenoxy) is 1. The lowest BCUT2D eigenvalue weighted by atomic mass is 10.0. The molecule has 25 heavy (non-hydrogen) atoms. The van der Waals surface area contributed by atoms with Crippen molar-refractivity contribution in [2.45, 2.75) is 32.9 Å². The molecule has 1 aliphatic heterocycles. The summed E-state index contributed by atoms with van der Waals surface area (Å²) in [6.07, 6.45) is 0.561. The molecule has 1 aromatic rings. The van der Waals surface area contributed by atoms with E-state index in [-0.39, 0.29) is 5.91 Å². The molecule has 1 amide bonds. The third-order valence-electron chi connectivity index (χ3n) is 4.72. The van der Waals surface area contributed by atoms with Gasteiger partial charge in [-0.25, -0.2) is 0 Å². The number of benzene rings is 1. The molecule has 1 atom stereocenters. The Bertz CT molecular complexity index is 501. The minimum atomic E-state index is 0.232. The van der Waals surface area contributed by atoms with Gasteiger partial charge in [-0.3, -0.25) is 4.79 Å². The van der Waals surface area contributed by atoms with Crippen LogP contribution in [-0.4, -0.2) is 68.2 Å². The zero-order chi connectivity index (χ0) is 18.1. The SMILES string of the molecule is CC(C)[C@H](CN(C)Cc1ccccc1)NCCC(=O)N1CCOCC1. The molecule has 1 fully saturated rings. The van der Waals surface area contributed by atoms with E-state index in [2.05, 4.69) is 55.4 Å². The first-order valence-electron chi connectivity index (χ1n) is 9.37. The average molecular weight is 348 g/mol. The number of carbonyl (C=O) groups excluding carboxylic acids is 1. The van der Waals surface area contributed by atoms with Crippen LogP contribution in [0.25, 0.3) is 0 Å². The number of morpholine rings is 1. The molecule has 0 aromatic heterocycles. The second-order valence-corrected chi connectivity index (χ2v) is 7.23. The van der Waals surface area contributed by atoms with Gasteiger partial charge in [-0.05, 0) is 18.5 Å². The molecule has 0 unspecified atom stereocenters. The van der Waals surface area contributed by atoms with E-state index in [0.717, 1.165) is 32.7 Å². The van der Waals surface area contributed by atoms with Crippen molar-refractivity contribution in [2.75, 3.05) is 46.4 Å². The Labute approximate surface area is 152 Å². The third-order valence-corrected chi connectivity index (χ3v) is 4.72. The van der Waals surface area contributed by atoms with Crippen LogP contribution < -0.4 is 5.32 Å². The summed E-state index contributed by atoms with van der Waals surface area (Å²) in [4.78, 5) is 16.5. The smallest absolute Gasteiger partial charge is 0.224 e. The molecule has 1 aromatic carbocycles. The van der Waals surface area contributed by atoms with Crippen molar-refractivity contribution in [1.29, 1.82) is 0 Å². The number of hydrogen-bond acceptors (Lipinski definition) is 4. The van der Waals surface area contributed by atoms with Gasteiger partial charge in [0.25, 0.3) is 0 Å². The number of nitrogens with zero attached hydrogens (tertiary/aromatic N) is 2. The number of likely N-dealkylation sites (N-methyl/N-ethyl adjacent to an activating group) is 1. The van der Waals surface area contributed by atoms with Gasteiger partial charge in [-0.15, -0.1) is 0 Å². The van der Waals surface area contributed by atoms with Crippen molar-refractivity contribution in [3.05, 3.63) is 35.9 Å². The summed E-state index contributed by atoms with van der Waals surface area (Å²) < 4.78 is 5.30. The summed E-state index contributed by atoms with van der Waals surface area (Å²) in [5.41, 5.74) is 1.33. The van der Waals surface area contributed by atoms with Crippen LogP contribution >= 0.6 is 0 Å². The number of carbonyl (C=O) groups is 1. The topological polar surface area (TPSA) is 44.8 Å². The van der Waals surface area contributed by atoms with Crippen LogP contribution in [0, 0.1) is 5.92 Å². The monoisotopic (exact) mass is 347 g/mol. The van der Waals surface area contributed by atoms with E-state index in [0.29, 0.717) is 31.6 Å². The van der Waals surface area contributed by atoms with E-state index in [1.54, 1.807) is 0 Å². The molecular formula is C20H33N3O2. The molecule has 5 heteroatoms. The lowest BCUT2D eigenvalue weighted by molar-refractivity contribution is -0.135. The van der Waals surface area contributed by atoms with E-state index in [1.807, 2.05) is 11.0 Å². The van der Waals surface area contributed by atoms with E-state index in [4.69, 9.17) is 4.74 Å². The highest BCUT2D eigenvalue weighted by atomic mass is 16.5. The minimum absolute atomic E-state index is 0.232. The highest BCUT2D eigenvalue weighted by molar-refractivity contribution is 5.76. The van der Waals surface area contributed by atoms with Gasteiger partial charge in [-0.1, -0.05) is 44.2 Å². The van der Waals surface area contributed by atoms with Crippen molar-refractivity contribution >= 4 is 5.91 Å². The lowest BCUT2D eigenvalue weighted by Gasteiger charge is -2.29. The normalized spacial score (nSPS) is 16.4. The van der Waals surface area contributed by atoms with Crippen molar-refractivity contribution in [2.24, 2.45) is 5.92 Å². The molecule has 0 aliphatic carbocycles. The lowest BCUT2D eigenvalue weighted by Crippen LogP contribution is -2.45. The molecule has 0 spiro atoms. The molecule has 1 aliphatic rings. The van der Waals surface area contributed by atoms with Crippen LogP contribution in [0.5, 0.6) is 0 Å². The Balaban J connectivity index is 1.73. The maximum absolute atomic E-state index is 12.2. The summed E-state index contributed by atoms with van der Waals surface area (Å²) in [6.45, 7) is 9.90. The van der Waals surface area contributed by atoms with Crippen LogP contribution in [0.1, 0.15) is 25.8 Å². The van der Waals surface area contributed by atoms with Gasteiger partial charge < -0.3 is 19.9 Å². The van der Waals surface area contributed by atoms with Crippen LogP contribution in [0.4, 0.5) is 0 Å². The largest absolute Gasteiger partial charge is 0.378 e. The molecule has 0 radical (unpaired) electrons. The Morgan fingerprint density at radius 1 is 1.24 bits per heavy atom. The van der Waals surface area contributed by atoms with Gasteiger partial charge >= 0.3 is 0 Å². The summed E-state index contributed by atoms with van der Waals surface area (Å²) in [5.74, 6) is 0.757. The van der Waals surface area contributed by atoms with E-state index in [9.17, 15) is 4.79 Å². The van der Waals surface area contributed by atoms with Crippen LogP contribution in [0.15, 0.2) is 30.3 Å². The first-order chi connectivity index (χ1) is 12.1. The molecule has 2 rings (SSSR count). The van der Waals surface area contributed by atoms with Gasteiger partial charge in [0.05, 0.1) is 13.2 Å². The van der Waals surface area contributed by atoms with Crippen molar-refractivity contribution < 1.29 is 9.53 Å². The quantitative estimate of drug-likeness (QED) is 0.742. The number of hydrogen-bond donors (Lipinski definition) is 1. The molecule has 5 nitrogen and oxygen atoms in total. The maximum atomic E-state index is 12.2. The summed E-state index contributed by atoms with van der Waals surface area (Å²) in [7, 11) is 2.16. The zero-order valence-electron chi connectivity index (χ0n) is 15.9. The van der Waals surface area contributed by atoms with Crippen LogP contribution in [0.3, 0.4) is 0 Å². The Morgan fingerprint density at radius 2 is 1.92 bits per heavy atom. The zero-order valence-corrected chi connectivity index (χ0v) is 15.9. The van der Waals surface area contributed by atoms with Crippen LogP contribution in [-0.2, 0) is 16.1 Å². The molecule has 1 N–H and O–H groups in total. The standard InChI is InChI=1S/C20H33N3O2/c1-17(2)19(16-22(3)15-18-7-5-4-6-8-18)21-10-9-20(24)23-11-13-25-14-12-23/h4-8,17,19,21H,9-16H2,1-3H3/t19-/m0/s1. The second kappa shape index (κ2) is 10.5. The summed E-state index contributed by atoms with van der Waals surface area (Å²) in [6, 6.07) is 10.9. The van der Waals surface area contributed by atoms with Gasteiger partial charge in [-0.2, -0.15) is 0 Å². The first-order valence-corrected chi connectivity index (χ1v) is 9.37. The fourth-order valence-electron chi connectivity index (χ4n) is 3.14. The predicted octanol–water partition coefficient (Wildman–Crippen LogP) is 1.98. The molecule has 0 bridgehead atoms. The first kappa shape index (κ1) is 19.9. The fraction of sp³-hybridized carbons (Fsp3) is 0.650. The van der Waals surface area contributed by atoms with Crippen molar-refractivity contribution in [3.63, 3.8) is 0 Å². The van der Waals surface area contributed by atoms with Gasteiger partial charge in [0.2, 0.25) is 5.91 Å². The van der Waals surface area contributed by atoms with Gasteiger partial charge in [0.1, 0.15) is 0 Å². The minimum Gasteiger partial charge on any atom is -0.378 e. The van der Waals surface area contributed by atoms with Gasteiger partial charge in [0, 0.05) is 45.2 Å². The predicted molar refractivity (Wildman–Crippen MR) is 101 cm³/mol. The number of rotatable bonds is 9. The number of amides is 1. The molecule has 140 valence electrons. The highest BCUT2D eigenvalue weighted by Gasteiger charge is 2.19.